The molecule has 27 heavy (non-hydrogen) atoms. The highest BCUT2D eigenvalue weighted by Crippen LogP contribution is 2.63. The first-order valence-electron chi connectivity index (χ1n) is 8.99. The molecule has 1 saturated heterocycles. The van der Waals surface area contributed by atoms with Crippen molar-refractivity contribution in [2.75, 3.05) is 6.61 Å². The maximum absolute atomic E-state index is 11.1. The summed E-state index contributed by atoms with van der Waals surface area (Å²) in [4.78, 5) is 0. The van der Waals surface area contributed by atoms with E-state index in [0.29, 0.717) is 35.2 Å². The van der Waals surface area contributed by atoms with Gasteiger partial charge in [0.2, 0.25) is 11.8 Å². The van der Waals surface area contributed by atoms with Gasteiger partial charge in [0.05, 0.1) is 34.6 Å². The Bertz CT molecular complexity index is 1130. The van der Waals surface area contributed by atoms with Gasteiger partial charge in [0, 0.05) is 23.8 Å². The van der Waals surface area contributed by atoms with Gasteiger partial charge in [-0.2, -0.15) is 5.26 Å². The molecule has 1 aromatic heterocycles. The lowest BCUT2D eigenvalue weighted by Gasteiger charge is -2.24. The average Bonchev–Trinajstić information content (AvgIpc) is 3.32. The van der Waals surface area contributed by atoms with Crippen LogP contribution in [-0.4, -0.2) is 26.5 Å². The molecule has 3 aromatic rings. The van der Waals surface area contributed by atoms with Crippen LogP contribution in [0.2, 0.25) is 0 Å². The van der Waals surface area contributed by atoms with E-state index in [1.807, 2.05) is 24.3 Å². The first-order chi connectivity index (χ1) is 13.1. The maximum Gasteiger partial charge on any atom is 0.205 e. The summed E-state index contributed by atoms with van der Waals surface area (Å²) < 4.78 is 7.48. The van der Waals surface area contributed by atoms with Crippen LogP contribution in [0.1, 0.15) is 42.1 Å². The van der Waals surface area contributed by atoms with Gasteiger partial charge in [0.25, 0.3) is 0 Å². The topological polar surface area (TPSA) is 98.6 Å². The third kappa shape index (κ3) is 1.95. The molecule has 6 nitrogen and oxygen atoms in total. The van der Waals surface area contributed by atoms with Crippen molar-refractivity contribution >= 4 is 10.8 Å². The number of aliphatic hydroxyl groups excluding tert-OH is 1. The number of nitrogens with zero attached hydrogens (tertiary/aromatic N) is 2. The molecule has 0 amide bonds. The summed E-state index contributed by atoms with van der Waals surface area (Å²) in [5.74, 6) is -0.102. The summed E-state index contributed by atoms with van der Waals surface area (Å²) in [6.45, 7) is -0.0582. The van der Waals surface area contributed by atoms with E-state index in [-0.39, 0.29) is 24.5 Å². The fourth-order valence-corrected chi connectivity index (χ4v) is 4.75. The average molecular weight is 362 g/mol. The predicted octanol–water partition coefficient (Wildman–Crippen LogP) is 3.36. The number of hydrogen-bond acceptors (Lipinski definition) is 5. The van der Waals surface area contributed by atoms with E-state index in [0.717, 1.165) is 17.2 Å². The van der Waals surface area contributed by atoms with Crippen LogP contribution in [0.4, 0.5) is 0 Å². The Balaban J connectivity index is 1.80. The van der Waals surface area contributed by atoms with E-state index in [4.69, 9.17) is 4.74 Å². The Morgan fingerprint density at radius 1 is 1.15 bits per heavy atom. The largest absolute Gasteiger partial charge is 0.494 e. The van der Waals surface area contributed by atoms with Crippen molar-refractivity contribution in [3.05, 3.63) is 53.1 Å². The molecular weight excluding hydrogens is 344 g/mol. The summed E-state index contributed by atoms with van der Waals surface area (Å²) >= 11 is 0. The monoisotopic (exact) mass is 362 g/mol. The molecule has 0 saturated carbocycles. The number of hydrogen-bond donors (Lipinski definition) is 3. The van der Waals surface area contributed by atoms with Crippen LogP contribution >= 0.6 is 0 Å². The fourth-order valence-electron chi connectivity index (χ4n) is 4.75. The molecule has 2 aliphatic heterocycles. The minimum Gasteiger partial charge on any atom is -0.494 e. The molecule has 3 N–H and O–H groups in total. The lowest BCUT2D eigenvalue weighted by molar-refractivity contribution is -0.0387. The van der Waals surface area contributed by atoms with Crippen LogP contribution in [0, 0.1) is 11.3 Å². The van der Waals surface area contributed by atoms with Crippen molar-refractivity contribution < 1.29 is 20.1 Å². The first kappa shape index (κ1) is 16.2. The van der Waals surface area contributed by atoms with Crippen molar-refractivity contribution in [1.82, 2.24) is 4.57 Å². The molecule has 3 heterocycles. The van der Waals surface area contributed by atoms with Gasteiger partial charge in [0.15, 0.2) is 0 Å². The lowest BCUT2D eigenvalue weighted by atomic mass is 9.82. The summed E-state index contributed by atoms with van der Waals surface area (Å²) in [7, 11) is 0. The normalized spacial score (nSPS) is 22.9. The Kier molecular flexibility index (Phi) is 3.29. The SMILES string of the molecule is N#Cc1ccc(-n2c(O)c3c(c2O)[C@]2(CCO)CC[C@H]3O2)c2ccccc12. The molecule has 5 rings (SSSR count). The van der Waals surface area contributed by atoms with Gasteiger partial charge < -0.3 is 20.1 Å². The number of benzene rings is 2. The zero-order valence-electron chi connectivity index (χ0n) is 14.5. The minimum atomic E-state index is -0.746. The second-order valence-corrected chi connectivity index (χ2v) is 7.17. The highest BCUT2D eigenvalue weighted by Gasteiger charge is 2.55. The molecule has 2 bridgehead atoms. The van der Waals surface area contributed by atoms with Crippen molar-refractivity contribution in [1.29, 1.82) is 5.26 Å². The summed E-state index contributed by atoms with van der Waals surface area (Å²) in [5, 5.41) is 42.4. The zero-order chi connectivity index (χ0) is 18.8. The van der Waals surface area contributed by atoms with Crippen LogP contribution in [-0.2, 0) is 10.3 Å². The van der Waals surface area contributed by atoms with Crippen molar-refractivity contribution in [3.63, 3.8) is 0 Å². The molecule has 6 heteroatoms. The van der Waals surface area contributed by atoms with E-state index in [1.165, 1.54) is 4.57 Å². The Labute approximate surface area is 155 Å². The van der Waals surface area contributed by atoms with Gasteiger partial charge in [-0.15, -0.1) is 0 Å². The molecule has 0 radical (unpaired) electrons. The second kappa shape index (κ2) is 5.49. The maximum atomic E-state index is 11.1. The fraction of sp³-hybridized carbons (Fsp3) is 0.286. The van der Waals surface area contributed by atoms with Gasteiger partial charge in [-0.1, -0.05) is 24.3 Å². The number of rotatable bonds is 3. The molecular formula is C21H18N2O4. The van der Waals surface area contributed by atoms with Gasteiger partial charge in [-0.05, 0) is 25.0 Å². The van der Waals surface area contributed by atoms with Crippen LogP contribution < -0.4 is 0 Å². The van der Waals surface area contributed by atoms with Crippen molar-refractivity contribution in [2.45, 2.75) is 31.0 Å². The Morgan fingerprint density at radius 3 is 2.67 bits per heavy atom. The second-order valence-electron chi connectivity index (χ2n) is 7.17. The van der Waals surface area contributed by atoms with E-state index in [9.17, 15) is 20.6 Å². The Morgan fingerprint density at radius 2 is 1.93 bits per heavy atom. The standard InChI is InChI=1S/C21H18N2O4/c22-11-12-5-6-15(14-4-2-1-3-13(12)14)23-19(25)17-16-7-8-21(27-16,9-10-24)18(17)20(23)26/h1-6,16,24-26H,7-10H2/t16-,21-/m1/s1. The van der Waals surface area contributed by atoms with E-state index in [2.05, 4.69) is 6.07 Å². The van der Waals surface area contributed by atoms with Crippen molar-refractivity contribution in [2.24, 2.45) is 0 Å². The molecule has 2 aliphatic rings. The van der Waals surface area contributed by atoms with E-state index >= 15 is 0 Å². The minimum absolute atomic E-state index is 0.0399. The summed E-state index contributed by atoms with van der Waals surface area (Å²) in [5.41, 5.74) is 1.59. The Hall–Kier alpha value is -3.01. The van der Waals surface area contributed by atoms with Crippen LogP contribution in [0.3, 0.4) is 0 Å². The number of aliphatic hydroxyl groups is 1. The molecule has 2 aromatic carbocycles. The first-order valence-corrected chi connectivity index (χ1v) is 8.99. The predicted molar refractivity (Wildman–Crippen MR) is 97.8 cm³/mol. The van der Waals surface area contributed by atoms with Crippen LogP contribution in [0.15, 0.2) is 36.4 Å². The molecule has 136 valence electrons. The zero-order valence-corrected chi connectivity index (χ0v) is 14.5. The number of fused-ring (bicyclic) bond motifs is 6. The van der Waals surface area contributed by atoms with Gasteiger partial charge in [-0.25, -0.2) is 0 Å². The quantitative estimate of drug-likeness (QED) is 0.664. The van der Waals surface area contributed by atoms with Crippen LogP contribution in [0.5, 0.6) is 11.8 Å². The molecule has 0 spiro atoms. The third-order valence-electron chi connectivity index (χ3n) is 5.89. The number of aromatic hydroxyl groups is 2. The highest BCUT2D eigenvalue weighted by molar-refractivity contribution is 5.95. The smallest absolute Gasteiger partial charge is 0.205 e. The molecule has 1 fully saturated rings. The van der Waals surface area contributed by atoms with E-state index < -0.39 is 5.60 Å². The number of aromatic nitrogens is 1. The highest BCUT2D eigenvalue weighted by atomic mass is 16.5. The van der Waals surface area contributed by atoms with Gasteiger partial charge >= 0.3 is 0 Å². The van der Waals surface area contributed by atoms with Gasteiger partial charge in [0.1, 0.15) is 5.60 Å². The third-order valence-corrected chi connectivity index (χ3v) is 5.89. The number of ether oxygens (including phenoxy) is 1. The molecule has 0 unspecified atom stereocenters. The molecule has 0 aliphatic carbocycles. The molecule has 2 atom stereocenters. The van der Waals surface area contributed by atoms with Crippen LogP contribution in [0.25, 0.3) is 16.5 Å². The lowest BCUT2D eigenvalue weighted by Crippen LogP contribution is -2.23. The summed E-state index contributed by atoms with van der Waals surface area (Å²) in [6, 6.07) is 13.0. The van der Waals surface area contributed by atoms with Gasteiger partial charge in [-0.3, -0.25) is 4.57 Å². The number of nitriles is 1. The van der Waals surface area contributed by atoms with Crippen molar-refractivity contribution in [3.8, 4) is 23.5 Å². The van der Waals surface area contributed by atoms with E-state index in [1.54, 1.807) is 12.1 Å². The summed E-state index contributed by atoms with van der Waals surface area (Å²) in [6.07, 6.45) is 1.55.